The second-order valence-corrected chi connectivity index (χ2v) is 4.20. The summed E-state index contributed by atoms with van der Waals surface area (Å²) in [6, 6.07) is 6.16. The lowest BCUT2D eigenvalue weighted by Crippen LogP contribution is -2.00. The monoisotopic (exact) mass is 210 g/mol. The SMILES string of the molecule is CCCSCc1cccc(NCC)n1. The van der Waals surface area contributed by atoms with E-state index in [4.69, 9.17) is 0 Å². The molecule has 2 nitrogen and oxygen atoms in total. The third kappa shape index (κ3) is 4.01. The van der Waals surface area contributed by atoms with Gasteiger partial charge in [-0.2, -0.15) is 11.8 Å². The van der Waals surface area contributed by atoms with Gasteiger partial charge in [-0.15, -0.1) is 0 Å². The van der Waals surface area contributed by atoms with Crippen LogP contribution in [0, 0.1) is 0 Å². The van der Waals surface area contributed by atoms with Gasteiger partial charge in [0.25, 0.3) is 0 Å². The van der Waals surface area contributed by atoms with Gasteiger partial charge < -0.3 is 5.32 Å². The van der Waals surface area contributed by atoms with Crippen LogP contribution in [0.1, 0.15) is 26.0 Å². The number of hydrogen-bond acceptors (Lipinski definition) is 3. The van der Waals surface area contributed by atoms with Crippen molar-refractivity contribution in [2.45, 2.75) is 26.0 Å². The summed E-state index contributed by atoms with van der Waals surface area (Å²) in [5.74, 6) is 3.22. The van der Waals surface area contributed by atoms with Crippen LogP contribution in [0.15, 0.2) is 18.2 Å². The zero-order valence-electron chi connectivity index (χ0n) is 8.92. The van der Waals surface area contributed by atoms with E-state index in [0.717, 1.165) is 18.1 Å². The number of rotatable bonds is 6. The Morgan fingerprint density at radius 3 is 2.93 bits per heavy atom. The molecule has 0 aliphatic rings. The van der Waals surface area contributed by atoms with E-state index >= 15 is 0 Å². The van der Waals surface area contributed by atoms with Gasteiger partial charge in [0.2, 0.25) is 0 Å². The van der Waals surface area contributed by atoms with Crippen LogP contribution >= 0.6 is 11.8 Å². The minimum absolute atomic E-state index is 0.929. The Morgan fingerprint density at radius 1 is 1.36 bits per heavy atom. The summed E-state index contributed by atoms with van der Waals surface area (Å²) in [4.78, 5) is 4.50. The highest BCUT2D eigenvalue weighted by Crippen LogP contribution is 2.13. The van der Waals surface area contributed by atoms with Gasteiger partial charge in [0.15, 0.2) is 0 Å². The van der Waals surface area contributed by atoms with Crippen molar-refractivity contribution in [1.82, 2.24) is 4.98 Å². The molecule has 14 heavy (non-hydrogen) atoms. The average Bonchev–Trinajstić information content (AvgIpc) is 2.19. The summed E-state index contributed by atoms with van der Waals surface area (Å²) in [6.45, 7) is 5.22. The minimum Gasteiger partial charge on any atom is -0.370 e. The van der Waals surface area contributed by atoms with Crippen LogP contribution in [0.4, 0.5) is 5.82 Å². The molecule has 0 fully saturated rings. The molecule has 0 spiro atoms. The molecule has 3 heteroatoms. The molecule has 0 radical (unpaired) electrons. The molecule has 0 aliphatic carbocycles. The van der Waals surface area contributed by atoms with Crippen molar-refractivity contribution in [2.24, 2.45) is 0 Å². The maximum Gasteiger partial charge on any atom is 0.126 e. The maximum atomic E-state index is 4.50. The molecule has 0 amide bonds. The van der Waals surface area contributed by atoms with Gasteiger partial charge in [-0.3, -0.25) is 0 Å². The molecule has 78 valence electrons. The number of pyridine rings is 1. The number of hydrogen-bond donors (Lipinski definition) is 1. The first kappa shape index (κ1) is 11.4. The molecule has 0 bridgehead atoms. The molecule has 0 aromatic carbocycles. The van der Waals surface area contributed by atoms with Crippen molar-refractivity contribution < 1.29 is 0 Å². The summed E-state index contributed by atoms with van der Waals surface area (Å²) in [5, 5.41) is 3.22. The van der Waals surface area contributed by atoms with E-state index in [-0.39, 0.29) is 0 Å². The van der Waals surface area contributed by atoms with Crippen molar-refractivity contribution in [1.29, 1.82) is 0 Å². The van der Waals surface area contributed by atoms with Gasteiger partial charge in [0.1, 0.15) is 5.82 Å². The third-order valence-corrected chi connectivity index (χ3v) is 2.96. The predicted molar refractivity (Wildman–Crippen MR) is 64.9 cm³/mol. The largest absolute Gasteiger partial charge is 0.370 e. The van der Waals surface area contributed by atoms with Crippen molar-refractivity contribution in [3.05, 3.63) is 23.9 Å². The second kappa shape index (κ2) is 6.71. The quantitative estimate of drug-likeness (QED) is 0.730. The first-order chi connectivity index (χ1) is 6.86. The van der Waals surface area contributed by atoms with Crippen LogP contribution in [0.2, 0.25) is 0 Å². The van der Waals surface area contributed by atoms with Crippen LogP contribution in [0.5, 0.6) is 0 Å². The normalized spacial score (nSPS) is 10.1. The number of anilines is 1. The average molecular weight is 210 g/mol. The number of thioether (sulfide) groups is 1. The van der Waals surface area contributed by atoms with E-state index in [9.17, 15) is 0 Å². The van der Waals surface area contributed by atoms with Gasteiger partial charge in [-0.1, -0.05) is 13.0 Å². The van der Waals surface area contributed by atoms with Crippen molar-refractivity contribution in [2.75, 3.05) is 17.6 Å². The molecule has 1 aromatic rings. The van der Waals surface area contributed by atoms with Crippen LogP contribution in [0.25, 0.3) is 0 Å². The fourth-order valence-corrected chi connectivity index (χ4v) is 1.96. The fraction of sp³-hybridized carbons (Fsp3) is 0.545. The fourth-order valence-electron chi connectivity index (χ4n) is 1.16. The van der Waals surface area contributed by atoms with Crippen LogP contribution < -0.4 is 5.32 Å². The van der Waals surface area contributed by atoms with E-state index < -0.39 is 0 Å². The molecule has 0 atom stereocenters. The van der Waals surface area contributed by atoms with Gasteiger partial charge in [0, 0.05) is 12.3 Å². The topological polar surface area (TPSA) is 24.9 Å². The molecular weight excluding hydrogens is 192 g/mol. The lowest BCUT2D eigenvalue weighted by molar-refractivity contribution is 1.09. The highest BCUT2D eigenvalue weighted by atomic mass is 32.2. The Morgan fingerprint density at radius 2 is 2.21 bits per heavy atom. The van der Waals surface area contributed by atoms with Crippen LogP contribution in [0.3, 0.4) is 0 Å². The van der Waals surface area contributed by atoms with E-state index in [1.165, 1.54) is 17.9 Å². The lowest BCUT2D eigenvalue weighted by atomic mass is 10.4. The summed E-state index contributed by atoms with van der Waals surface area (Å²) in [6.07, 6.45) is 1.23. The highest BCUT2D eigenvalue weighted by molar-refractivity contribution is 7.98. The number of aromatic nitrogens is 1. The van der Waals surface area contributed by atoms with E-state index in [2.05, 4.69) is 36.3 Å². The number of nitrogens with zero attached hydrogens (tertiary/aromatic N) is 1. The van der Waals surface area contributed by atoms with E-state index in [1.54, 1.807) is 0 Å². The molecule has 0 unspecified atom stereocenters. The molecule has 0 saturated carbocycles. The summed E-state index contributed by atoms with van der Waals surface area (Å²) < 4.78 is 0. The Kier molecular flexibility index (Phi) is 5.45. The molecule has 1 aromatic heterocycles. The van der Waals surface area contributed by atoms with Crippen molar-refractivity contribution in [3.8, 4) is 0 Å². The van der Waals surface area contributed by atoms with E-state index in [1.807, 2.05) is 17.8 Å². The Labute approximate surface area is 90.5 Å². The Balaban J connectivity index is 2.46. The molecular formula is C11H18N2S. The van der Waals surface area contributed by atoms with Crippen molar-refractivity contribution in [3.63, 3.8) is 0 Å². The lowest BCUT2D eigenvalue weighted by Gasteiger charge is -2.04. The maximum absolute atomic E-state index is 4.50. The predicted octanol–water partition coefficient (Wildman–Crippen LogP) is 3.16. The smallest absolute Gasteiger partial charge is 0.126 e. The standard InChI is InChI=1S/C11H18N2S/c1-3-8-14-9-10-6-5-7-11(13-10)12-4-2/h5-7H,3-4,8-9H2,1-2H3,(H,12,13). The number of nitrogens with one attached hydrogen (secondary N) is 1. The Bertz CT molecular complexity index is 263. The summed E-state index contributed by atoms with van der Waals surface area (Å²) in [7, 11) is 0. The third-order valence-electron chi connectivity index (χ3n) is 1.76. The van der Waals surface area contributed by atoms with Gasteiger partial charge in [-0.05, 0) is 31.2 Å². The van der Waals surface area contributed by atoms with Crippen LogP contribution in [-0.4, -0.2) is 17.3 Å². The zero-order chi connectivity index (χ0) is 10.2. The molecule has 1 rings (SSSR count). The van der Waals surface area contributed by atoms with Gasteiger partial charge >= 0.3 is 0 Å². The molecule has 0 aliphatic heterocycles. The van der Waals surface area contributed by atoms with Gasteiger partial charge in [0.05, 0.1) is 5.69 Å². The second-order valence-electron chi connectivity index (χ2n) is 3.10. The van der Waals surface area contributed by atoms with Crippen LogP contribution in [-0.2, 0) is 5.75 Å². The first-order valence-corrected chi connectivity index (χ1v) is 6.29. The summed E-state index contributed by atoms with van der Waals surface area (Å²) >= 11 is 1.94. The highest BCUT2D eigenvalue weighted by Gasteiger charge is 1.96. The molecule has 1 N–H and O–H groups in total. The Hall–Kier alpha value is -0.700. The molecule has 1 heterocycles. The van der Waals surface area contributed by atoms with Crippen molar-refractivity contribution >= 4 is 17.6 Å². The summed E-state index contributed by atoms with van der Waals surface area (Å²) in [5.41, 5.74) is 1.17. The minimum atomic E-state index is 0.929. The first-order valence-electron chi connectivity index (χ1n) is 5.14. The zero-order valence-corrected chi connectivity index (χ0v) is 9.73. The molecule has 0 saturated heterocycles. The van der Waals surface area contributed by atoms with E-state index in [0.29, 0.717) is 0 Å². The van der Waals surface area contributed by atoms with Gasteiger partial charge in [-0.25, -0.2) is 4.98 Å².